The summed E-state index contributed by atoms with van der Waals surface area (Å²) in [5.74, 6) is -0.118. The van der Waals surface area contributed by atoms with Gasteiger partial charge in [-0.2, -0.15) is 0 Å². The van der Waals surface area contributed by atoms with Crippen LogP contribution in [0.3, 0.4) is 0 Å². The summed E-state index contributed by atoms with van der Waals surface area (Å²) in [7, 11) is 3.99. The zero-order chi connectivity index (χ0) is 14.1. The van der Waals surface area contributed by atoms with Crippen LogP contribution in [-0.2, 0) is 4.79 Å². The van der Waals surface area contributed by atoms with Gasteiger partial charge in [0.1, 0.15) is 0 Å². The fraction of sp³-hybridized carbons (Fsp3) is 0.500. The summed E-state index contributed by atoms with van der Waals surface area (Å²) in [6, 6.07) is 3.43. The number of nitrogens with zero attached hydrogens (tertiary/aromatic N) is 2. The summed E-state index contributed by atoms with van der Waals surface area (Å²) in [5, 5.41) is 2.81. The highest BCUT2D eigenvalue weighted by molar-refractivity contribution is 5.97. The van der Waals surface area contributed by atoms with E-state index in [2.05, 4.69) is 15.2 Å². The second-order valence-corrected chi connectivity index (χ2v) is 4.67. The molecule has 0 bridgehead atoms. The number of pyridine rings is 1. The van der Waals surface area contributed by atoms with Gasteiger partial charge in [0.05, 0.1) is 0 Å². The Morgan fingerprint density at radius 1 is 1.32 bits per heavy atom. The molecule has 0 atom stereocenters. The number of carbonyl (C=O) groups is 2. The van der Waals surface area contributed by atoms with Gasteiger partial charge >= 0.3 is 0 Å². The molecule has 1 aromatic heterocycles. The van der Waals surface area contributed by atoms with Crippen molar-refractivity contribution in [3.8, 4) is 0 Å². The van der Waals surface area contributed by atoms with Crippen molar-refractivity contribution in [3.05, 3.63) is 30.1 Å². The van der Waals surface area contributed by atoms with Crippen LogP contribution in [0, 0.1) is 0 Å². The first-order chi connectivity index (χ1) is 9.09. The predicted molar refractivity (Wildman–Crippen MR) is 74.0 cm³/mol. The SMILES string of the molecule is CN(C)CCCNC(=O)CCC(=O)c1cccnc1. The fourth-order valence-electron chi connectivity index (χ4n) is 1.61. The third-order valence-corrected chi connectivity index (χ3v) is 2.67. The summed E-state index contributed by atoms with van der Waals surface area (Å²) >= 11 is 0. The Labute approximate surface area is 114 Å². The van der Waals surface area contributed by atoms with Crippen LogP contribution in [0.25, 0.3) is 0 Å². The predicted octanol–water partition coefficient (Wildman–Crippen LogP) is 1.11. The van der Waals surface area contributed by atoms with E-state index < -0.39 is 0 Å². The number of rotatable bonds is 8. The molecule has 1 rings (SSSR count). The number of carbonyl (C=O) groups excluding carboxylic acids is 2. The normalized spacial score (nSPS) is 10.5. The molecule has 0 saturated carbocycles. The van der Waals surface area contributed by atoms with E-state index in [-0.39, 0.29) is 24.5 Å². The molecule has 0 unspecified atom stereocenters. The average Bonchev–Trinajstić information content (AvgIpc) is 2.41. The van der Waals surface area contributed by atoms with Gasteiger partial charge < -0.3 is 10.2 Å². The number of amides is 1. The molecule has 5 nitrogen and oxygen atoms in total. The molecule has 0 aliphatic heterocycles. The quantitative estimate of drug-likeness (QED) is 0.564. The summed E-state index contributed by atoms with van der Waals surface area (Å²) in [4.78, 5) is 29.2. The van der Waals surface area contributed by atoms with Gasteiger partial charge in [-0.1, -0.05) is 0 Å². The number of nitrogens with one attached hydrogen (secondary N) is 1. The smallest absolute Gasteiger partial charge is 0.220 e. The van der Waals surface area contributed by atoms with Gasteiger partial charge in [0, 0.05) is 37.3 Å². The first-order valence-electron chi connectivity index (χ1n) is 6.44. The van der Waals surface area contributed by atoms with Crippen LogP contribution in [0.1, 0.15) is 29.6 Å². The van der Waals surface area contributed by atoms with Crippen molar-refractivity contribution < 1.29 is 9.59 Å². The third-order valence-electron chi connectivity index (χ3n) is 2.67. The maximum absolute atomic E-state index is 11.7. The molecule has 1 aromatic rings. The van der Waals surface area contributed by atoms with E-state index in [9.17, 15) is 9.59 Å². The fourth-order valence-corrected chi connectivity index (χ4v) is 1.61. The number of Topliss-reactive ketones (excluding diaryl/α,β-unsaturated/α-hetero) is 1. The van der Waals surface area contributed by atoms with Crippen molar-refractivity contribution in [2.45, 2.75) is 19.3 Å². The standard InChI is InChI=1S/C14H21N3O2/c1-17(2)10-4-9-16-14(19)7-6-13(18)12-5-3-8-15-11-12/h3,5,8,11H,4,6-7,9-10H2,1-2H3,(H,16,19). The molecule has 1 amide bonds. The molecule has 0 aliphatic rings. The van der Waals surface area contributed by atoms with E-state index in [0.29, 0.717) is 12.1 Å². The van der Waals surface area contributed by atoms with Crippen LogP contribution in [0.2, 0.25) is 0 Å². The summed E-state index contributed by atoms with van der Waals surface area (Å²) in [6.45, 7) is 1.59. The average molecular weight is 263 g/mol. The lowest BCUT2D eigenvalue weighted by Crippen LogP contribution is -2.27. The molecule has 0 fully saturated rings. The summed E-state index contributed by atoms with van der Waals surface area (Å²) in [5.41, 5.74) is 0.558. The molecule has 0 spiro atoms. The molecule has 19 heavy (non-hydrogen) atoms. The van der Waals surface area contributed by atoms with Crippen molar-refractivity contribution >= 4 is 11.7 Å². The molecule has 0 aliphatic carbocycles. The van der Waals surface area contributed by atoms with E-state index in [1.165, 1.54) is 6.20 Å². The van der Waals surface area contributed by atoms with E-state index in [4.69, 9.17) is 0 Å². The molecule has 1 heterocycles. The Morgan fingerprint density at radius 2 is 2.11 bits per heavy atom. The maximum atomic E-state index is 11.7. The Kier molecular flexibility index (Phi) is 6.74. The molecule has 104 valence electrons. The van der Waals surface area contributed by atoms with Crippen LogP contribution in [0.4, 0.5) is 0 Å². The van der Waals surface area contributed by atoms with E-state index >= 15 is 0 Å². The molecule has 0 aromatic carbocycles. The lowest BCUT2D eigenvalue weighted by atomic mass is 10.1. The van der Waals surface area contributed by atoms with E-state index in [1.54, 1.807) is 18.3 Å². The number of hydrogen-bond acceptors (Lipinski definition) is 4. The van der Waals surface area contributed by atoms with Crippen molar-refractivity contribution in [1.29, 1.82) is 0 Å². The van der Waals surface area contributed by atoms with Crippen LogP contribution in [-0.4, -0.2) is 48.8 Å². The monoisotopic (exact) mass is 263 g/mol. The largest absolute Gasteiger partial charge is 0.356 e. The maximum Gasteiger partial charge on any atom is 0.220 e. The van der Waals surface area contributed by atoms with Gasteiger partial charge in [0.25, 0.3) is 0 Å². The minimum atomic E-state index is -0.0732. The van der Waals surface area contributed by atoms with Crippen LogP contribution in [0.15, 0.2) is 24.5 Å². The Morgan fingerprint density at radius 3 is 2.74 bits per heavy atom. The van der Waals surface area contributed by atoms with E-state index in [0.717, 1.165) is 13.0 Å². The van der Waals surface area contributed by atoms with Gasteiger partial charge in [-0.05, 0) is 39.2 Å². The van der Waals surface area contributed by atoms with Gasteiger partial charge in [0.2, 0.25) is 5.91 Å². The highest BCUT2D eigenvalue weighted by atomic mass is 16.2. The lowest BCUT2D eigenvalue weighted by molar-refractivity contribution is -0.121. The van der Waals surface area contributed by atoms with Crippen molar-refractivity contribution in [3.63, 3.8) is 0 Å². The topological polar surface area (TPSA) is 62.3 Å². The molecular weight excluding hydrogens is 242 g/mol. The molecule has 1 N–H and O–H groups in total. The number of ketones is 1. The Balaban J connectivity index is 2.18. The van der Waals surface area contributed by atoms with Gasteiger partial charge in [0.15, 0.2) is 5.78 Å². The Bertz CT molecular complexity index is 404. The third kappa shape index (κ3) is 6.67. The van der Waals surface area contributed by atoms with Crippen molar-refractivity contribution in [1.82, 2.24) is 15.2 Å². The van der Waals surface area contributed by atoms with Gasteiger partial charge in [-0.3, -0.25) is 14.6 Å². The van der Waals surface area contributed by atoms with Gasteiger partial charge in [-0.25, -0.2) is 0 Å². The van der Waals surface area contributed by atoms with Crippen LogP contribution < -0.4 is 5.32 Å². The molecular formula is C14H21N3O2. The summed E-state index contributed by atoms with van der Waals surface area (Å²) in [6.07, 6.45) is 4.52. The minimum absolute atomic E-state index is 0.0449. The van der Waals surface area contributed by atoms with Crippen LogP contribution >= 0.6 is 0 Å². The first-order valence-corrected chi connectivity index (χ1v) is 6.44. The second-order valence-electron chi connectivity index (χ2n) is 4.67. The Hall–Kier alpha value is -1.75. The van der Waals surface area contributed by atoms with E-state index in [1.807, 2.05) is 14.1 Å². The molecule has 5 heteroatoms. The van der Waals surface area contributed by atoms with Crippen LogP contribution in [0.5, 0.6) is 0 Å². The van der Waals surface area contributed by atoms with Gasteiger partial charge in [-0.15, -0.1) is 0 Å². The zero-order valence-corrected chi connectivity index (χ0v) is 11.6. The van der Waals surface area contributed by atoms with Crippen molar-refractivity contribution in [2.75, 3.05) is 27.2 Å². The number of hydrogen-bond donors (Lipinski definition) is 1. The first kappa shape index (κ1) is 15.3. The van der Waals surface area contributed by atoms with Crippen molar-refractivity contribution in [2.24, 2.45) is 0 Å². The highest BCUT2D eigenvalue weighted by Crippen LogP contribution is 2.03. The highest BCUT2D eigenvalue weighted by Gasteiger charge is 2.08. The summed E-state index contributed by atoms with van der Waals surface area (Å²) < 4.78 is 0. The zero-order valence-electron chi connectivity index (χ0n) is 11.6. The lowest BCUT2D eigenvalue weighted by Gasteiger charge is -2.09. The molecule has 0 saturated heterocycles. The molecule has 0 radical (unpaired) electrons. The second kappa shape index (κ2) is 8.37. The minimum Gasteiger partial charge on any atom is -0.356 e. The number of aromatic nitrogens is 1.